The van der Waals surface area contributed by atoms with Gasteiger partial charge in [0.25, 0.3) is 5.91 Å². The Labute approximate surface area is 128 Å². The number of nitrogens with zero attached hydrogens (tertiary/aromatic N) is 1. The molecule has 0 aliphatic rings. The molecule has 110 valence electrons. The number of halogens is 1. The van der Waals surface area contributed by atoms with E-state index in [1.165, 1.54) is 16.2 Å². The van der Waals surface area contributed by atoms with E-state index in [1.807, 2.05) is 0 Å². The van der Waals surface area contributed by atoms with Crippen molar-refractivity contribution >= 4 is 45.1 Å². The lowest BCUT2D eigenvalue weighted by Gasteiger charge is -2.15. The quantitative estimate of drug-likeness (QED) is 0.720. The molecule has 2 amide bonds. The van der Waals surface area contributed by atoms with E-state index in [2.05, 4.69) is 21.2 Å². The average Bonchev–Trinajstić information content (AvgIpc) is 2.80. The fourth-order valence-corrected chi connectivity index (χ4v) is 2.81. The van der Waals surface area contributed by atoms with E-state index < -0.39 is 5.97 Å². The van der Waals surface area contributed by atoms with Crippen molar-refractivity contribution in [1.29, 1.82) is 0 Å². The van der Waals surface area contributed by atoms with Crippen LogP contribution in [0.2, 0.25) is 0 Å². The Morgan fingerprint density at radius 2 is 2.10 bits per heavy atom. The molecule has 1 aromatic heterocycles. The first-order chi connectivity index (χ1) is 9.40. The van der Waals surface area contributed by atoms with Gasteiger partial charge in [-0.2, -0.15) is 0 Å². The van der Waals surface area contributed by atoms with Crippen molar-refractivity contribution in [2.75, 3.05) is 20.1 Å². The minimum Gasteiger partial charge on any atom is -0.481 e. The molecule has 0 saturated heterocycles. The molecule has 0 radical (unpaired) electrons. The lowest BCUT2D eigenvalue weighted by molar-refractivity contribution is -0.137. The van der Waals surface area contributed by atoms with Gasteiger partial charge in [-0.3, -0.25) is 14.4 Å². The molecule has 20 heavy (non-hydrogen) atoms. The number of carbonyl (C=O) groups excluding carboxylic acids is 2. The van der Waals surface area contributed by atoms with Gasteiger partial charge in [-0.15, -0.1) is 11.3 Å². The molecule has 6 nitrogen and oxygen atoms in total. The maximum absolute atomic E-state index is 12.0. The van der Waals surface area contributed by atoms with Gasteiger partial charge in [0.05, 0.1) is 15.2 Å². The van der Waals surface area contributed by atoms with Gasteiger partial charge < -0.3 is 15.3 Å². The van der Waals surface area contributed by atoms with Crippen LogP contribution in [0.4, 0.5) is 0 Å². The highest BCUT2D eigenvalue weighted by Gasteiger charge is 2.16. The molecule has 0 saturated carbocycles. The number of amides is 2. The molecule has 1 heterocycles. The largest absolute Gasteiger partial charge is 0.481 e. The van der Waals surface area contributed by atoms with Crippen LogP contribution in [0.25, 0.3) is 0 Å². The van der Waals surface area contributed by atoms with Crippen molar-refractivity contribution in [2.24, 2.45) is 0 Å². The molecule has 0 fully saturated rings. The Kier molecular flexibility index (Phi) is 6.66. The summed E-state index contributed by atoms with van der Waals surface area (Å²) in [6.45, 7) is 0.235. The zero-order valence-electron chi connectivity index (χ0n) is 10.9. The van der Waals surface area contributed by atoms with Gasteiger partial charge in [0.2, 0.25) is 5.91 Å². The molecule has 1 aromatic rings. The second-order valence-corrected chi connectivity index (χ2v) is 6.58. The van der Waals surface area contributed by atoms with Gasteiger partial charge in [0.15, 0.2) is 0 Å². The molecule has 2 N–H and O–H groups in total. The second-order valence-electron chi connectivity index (χ2n) is 4.11. The molecule has 0 aliphatic carbocycles. The van der Waals surface area contributed by atoms with Crippen LogP contribution in [0, 0.1) is 0 Å². The van der Waals surface area contributed by atoms with Crippen LogP contribution in [-0.2, 0) is 9.59 Å². The third-order valence-corrected chi connectivity index (χ3v) is 4.01. The summed E-state index contributed by atoms with van der Waals surface area (Å²) in [5.74, 6) is -1.42. The number of nitrogens with one attached hydrogen (secondary N) is 1. The van der Waals surface area contributed by atoms with Crippen LogP contribution in [0.3, 0.4) is 0 Å². The maximum Gasteiger partial charge on any atom is 0.303 e. The van der Waals surface area contributed by atoms with Gasteiger partial charge in [0.1, 0.15) is 0 Å². The van der Waals surface area contributed by atoms with E-state index in [9.17, 15) is 14.4 Å². The molecule has 8 heteroatoms. The number of thiophene rings is 1. The summed E-state index contributed by atoms with van der Waals surface area (Å²) in [7, 11) is 1.55. The number of hydrogen-bond acceptors (Lipinski definition) is 4. The molecule has 0 aliphatic heterocycles. The highest BCUT2D eigenvalue weighted by atomic mass is 79.9. The van der Waals surface area contributed by atoms with E-state index >= 15 is 0 Å². The predicted molar refractivity (Wildman–Crippen MR) is 78.9 cm³/mol. The van der Waals surface area contributed by atoms with Crippen LogP contribution in [-0.4, -0.2) is 47.9 Å². The van der Waals surface area contributed by atoms with Crippen LogP contribution < -0.4 is 5.32 Å². The lowest BCUT2D eigenvalue weighted by atomic mass is 10.3. The van der Waals surface area contributed by atoms with Crippen molar-refractivity contribution in [2.45, 2.75) is 12.8 Å². The highest BCUT2D eigenvalue weighted by molar-refractivity contribution is 9.11. The molecule has 0 bridgehead atoms. The summed E-state index contributed by atoms with van der Waals surface area (Å²) in [5, 5.41) is 11.0. The number of aliphatic carboxylic acids is 1. The van der Waals surface area contributed by atoms with Gasteiger partial charge in [-0.25, -0.2) is 0 Å². The fourth-order valence-electron chi connectivity index (χ4n) is 1.43. The Hall–Kier alpha value is -1.41. The van der Waals surface area contributed by atoms with Gasteiger partial charge in [-0.1, -0.05) is 0 Å². The number of rotatable bonds is 7. The van der Waals surface area contributed by atoms with Crippen molar-refractivity contribution in [3.63, 3.8) is 0 Å². The maximum atomic E-state index is 12.0. The zero-order chi connectivity index (χ0) is 15.1. The number of carbonyl (C=O) groups is 3. The van der Waals surface area contributed by atoms with Crippen molar-refractivity contribution in [3.05, 3.63) is 20.8 Å². The molecular weight excluding hydrogens is 348 g/mol. The van der Waals surface area contributed by atoms with E-state index in [0.29, 0.717) is 11.3 Å². The summed E-state index contributed by atoms with van der Waals surface area (Å²) in [6, 6.07) is 3.47. The third kappa shape index (κ3) is 5.70. The summed E-state index contributed by atoms with van der Waals surface area (Å²) in [6.07, 6.45) is 0.384. The SMILES string of the molecule is CN(CC(=O)NCCCC(=O)O)C(=O)c1ccc(Br)s1. The Bertz CT molecular complexity index is 503. The molecule has 0 spiro atoms. The van der Waals surface area contributed by atoms with Crippen LogP contribution >= 0.6 is 27.3 Å². The minimum atomic E-state index is -0.894. The van der Waals surface area contributed by atoms with Gasteiger partial charge in [-0.05, 0) is 34.5 Å². The summed E-state index contributed by atoms with van der Waals surface area (Å²) >= 11 is 4.58. The summed E-state index contributed by atoms with van der Waals surface area (Å²) in [5.41, 5.74) is 0. The topological polar surface area (TPSA) is 86.7 Å². The Morgan fingerprint density at radius 3 is 2.65 bits per heavy atom. The molecule has 0 atom stereocenters. The van der Waals surface area contributed by atoms with Crippen molar-refractivity contribution < 1.29 is 19.5 Å². The van der Waals surface area contributed by atoms with E-state index in [0.717, 1.165) is 3.79 Å². The molecule has 0 aromatic carbocycles. The molecule has 0 unspecified atom stereocenters. The standard InChI is InChI=1S/C12H15BrN2O4S/c1-15(12(19)8-4-5-9(13)20-8)7-10(16)14-6-2-3-11(17)18/h4-5H,2-3,6-7H2,1H3,(H,14,16)(H,17,18). The number of carboxylic acid groups (broad SMARTS) is 1. The highest BCUT2D eigenvalue weighted by Crippen LogP contribution is 2.22. The first kappa shape index (κ1) is 16.6. The monoisotopic (exact) mass is 362 g/mol. The van der Waals surface area contributed by atoms with Crippen LogP contribution in [0.1, 0.15) is 22.5 Å². The predicted octanol–water partition coefficient (Wildman–Crippen LogP) is 1.56. The summed E-state index contributed by atoms with van der Waals surface area (Å²) in [4.78, 5) is 35.7. The van der Waals surface area contributed by atoms with Crippen LogP contribution in [0.5, 0.6) is 0 Å². The number of carboxylic acids is 1. The normalized spacial score (nSPS) is 10.1. The van der Waals surface area contributed by atoms with Gasteiger partial charge >= 0.3 is 5.97 Å². The molecule has 1 rings (SSSR count). The van der Waals surface area contributed by atoms with E-state index in [4.69, 9.17) is 5.11 Å². The summed E-state index contributed by atoms with van der Waals surface area (Å²) < 4.78 is 0.854. The van der Waals surface area contributed by atoms with Crippen molar-refractivity contribution in [3.8, 4) is 0 Å². The fraction of sp³-hybridized carbons (Fsp3) is 0.417. The second kappa shape index (κ2) is 8.01. The van der Waals surface area contributed by atoms with Crippen LogP contribution in [0.15, 0.2) is 15.9 Å². The number of likely N-dealkylation sites (N-methyl/N-ethyl adjacent to an activating group) is 1. The number of hydrogen-bond donors (Lipinski definition) is 2. The Balaban J connectivity index is 2.34. The zero-order valence-corrected chi connectivity index (χ0v) is 13.3. The lowest BCUT2D eigenvalue weighted by Crippen LogP contribution is -2.38. The first-order valence-corrected chi connectivity index (χ1v) is 7.50. The van der Waals surface area contributed by atoms with Crippen molar-refractivity contribution in [1.82, 2.24) is 10.2 Å². The minimum absolute atomic E-state index is 0.0122. The van der Waals surface area contributed by atoms with E-state index in [1.54, 1.807) is 19.2 Å². The van der Waals surface area contributed by atoms with Gasteiger partial charge in [0, 0.05) is 20.0 Å². The van der Waals surface area contributed by atoms with E-state index in [-0.39, 0.29) is 31.3 Å². The first-order valence-electron chi connectivity index (χ1n) is 5.89. The average molecular weight is 363 g/mol. The smallest absolute Gasteiger partial charge is 0.303 e. The Morgan fingerprint density at radius 1 is 1.40 bits per heavy atom. The third-order valence-electron chi connectivity index (χ3n) is 2.40. The molecular formula is C12H15BrN2O4S.